The zero-order valence-corrected chi connectivity index (χ0v) is 23.5. The molecule has 4 rings (SSSR count). The van der Waals surface area contributed by atoms with Crippen LogP contribution >= 0.6 is 0 Å². The fraction of sp³-hybridized carbons (Fsp3) is 0.323. The Balaban J connectivity index is 1.61. The van der Waals surface area contributed by atoms with E-state index >= 15 is 0 Å². The van der Waals surface area contributed by atoms with Crippen LogP contribution < -0.4 is 9.46 Å². The average molecular weight is 552 g/mol. The number of furan rings is 1. The molecule has 0 radical (unpaired) electrons. The van der Waals surface area contributed by atoms with Gasteiger partial charge in [-0.15, -0.1) is 4.72 Å². The van der Waals surface area contributed by atoms with E-state index in [4.69, 9.17) is 13.9 Å². The van der Waals surface area contributed by atoms with Crippen molar-refractivity contribution in [3.8, 4) is 16.9 Å². The topological polar surface area (TPSA) is 83.8 Å². The number of carbonyl (C=O) groups excluding carboxylic acids is 1. The number of esters is 1. The first-order valence-corrected chi connectivity index (χ1v) is 14.1. The Morgan fingerprint density at radius 2 is 1.90 bits per heavy atom. The fourth-order valence-electron chi connectivity index (χ4n) is 4.18. The molecule has 0 fully saturated rings. The molecular formula is C31H34FNO5S. The summed E-state index contributed by atoms with van der Waals surface area (Å²) in [6.45, 7) is 7.22. The fourth-order valence-corrected chi connectivity index (χ4v) is 4.99. The largest absolute Gasteiger partial charge is 0.598 e. The number of benzene rings is 3. The van der Waals surface area contributed by atoms with Gasteiger partial charge in [0.2, 0.25) is 0 Å². The Morgan fingerprint density at radius 3 is 2.64 bits per heavy atom. The summed E-state index contributed by atoms with van der Waals surface area (Å²) in [5.41, 5.74) is 4.75. The minimum atomic E-state index is -1.42. The lowest BCUT2D eigenvalue weighted by Gasteiger charge is -2.27. The van der Waals surface area contributed by atoms with Crippen molar-refractivity contribution in [2.24, 2.45) is 0 Å². The van der Waals surface area contributed by atoms with E-state index in [1.165, 1.54) is 0 Å². The zero-order valence-electron chi connectivity index (χ0n) is 22.7. The molecule has 8 heteroatoms. The van der Waals surface area contributed by atoms with Crippen LogP contribution in [0.25, 0.3) is 22.1 Å². The van der Waals surface area contributed by atoms with E-state index in [2.05, 4.69) is 4.72 Å². The lowest BCUT2D eigenvalue weighted by Crippen LogP contribution is -2.41. The minimum absolute atomic E-state index is 0.132. The van der Waals surface area contributed by atoms with Gasteiger partial charge in [0, 0.05) is 27.9 Å². The molecule has 3 aromatic carbocycles. The number of hydrogen-bond acceptors (Lipinski definition) is 6. The van der Waals surface area contributed by atoms with Crippen molar-refractivity contribution in [2.75, 3.05) is 13.3 Å². The molecule has 39 heavy (non-hydrogen) atoms. The number of carbonyl (C=O) groups is 1. The third-order valence-corrected chi connectivity index (χ3v) is 7.79. The van der Waals surface area contributed by atoms with Crippen molar-refractivity contribution < 1.29 is 27.6 Å². The van der Waals surface area contributed by atoms with Crippen molar-refractivity contribution >= 4 is 28.3 Å². The van der Waals surface area contributed by atoms with E-state index in [-0.39, 0.29) is 19.0 Å². The molecule has 0 aliphatic carbocycles. The lowest BCUT2D eigenvalue weighted by atomic mass is 9.97. The van der Waals surface area contributed by atoms with E-state index in [1.807, 2.05) is 87.5 Å². The van der Waals surface area contributed by atoms with Crippen LogP contribution in [0.4, 0.5) is 4.39 Å². The van der Waals surface area contributed by atoms with Crippen molar-refractivity contribution in [3.63, 3.8) is 0 Å². The van der Waals surface area contributed by atoms with Crippen molar-refractivity contribution in [2.45, 2.75) is 51.5 Å². The highest BCUT2D eigenvalue weighted by atomic mass is 32.2. The monoisotopic (exact) mass is 551 g/mol. The molecule has 1 aromatic heterocycles. The summed E-state index contributed by atoms with van der Waals surface area (Å²) >= 11 is -1.42. The van der Waals surface area contributed by atoms with Crippen LogP contribution in [0.1, 0.15) is 50.4 Å². The number of nitrogens with one attached hydrogen (secondary N) is 1. The zero-order chi connectivity index (χ0) is 28.0. The van der Waals surface area contributed by atoms with Gasteiger partial charge in [-0.2, -0.15) is 0 Å². The molecule has 6 nitrogen and oxygen atoms in total. The van der Waals surface area contributed by atoms with Crippen LogP contribution in [0.5, 0.6) is 5.75 Å². The van der Waals surface area contributed by atoms with Crippen LogP contribution in [-0.4, -0.2) is 28.6 Å². The van der Waals surface area contributed by atoms with E-state index in [9.17, 15) is 13.7 Å². The van der Waals surface area contributed by atoms with Gasteiger partial charge in [0.1, 0.15) is 35.4 Å². The molecule has 0 spiro atoms. The van der Waals surface area contributed by atoms with Crippen LogP contribution in [0.3, 0.4) is 0 Å². The number of para-hydroxylation sites is 1. The molecule has 0 amide bonds. The van der Waals surface area contributed by atoms with Crippen LogP contribution in [-0.2, 0) is 33.9 Å². The standard InChI is InChI=1S/C31H34FNO5S/c1-5-36-29(34)18-24-9-6-7-12-28(24)38-20-21-15-25-13-14-37-30(25)26(16-21)22-10-8-11-23(17-22)27(19-32)33-39(35)31(2,3)4/h6-17,27,33H,5,18-20H2,1-4H3/t27-,39+/m0/s1. The normalized spacial score (nSPS) is 13.3. The van der Waals surface area contributed by atoms with Gasteiger partial charge in [0.15, 0.2) is 0 Å². The highest BCUT2D eigenvalue weighted by molar-refractivity contribution is 7.90. The molecule has 1 N–H and O–H groups in total. The van der Waals surface area contributed by atoms with Gasteiger partial charge in [0.25, 0.3) is 0 Å². The number of hydrogen-bond donors (Lipinski definition) is 1. The second kappa shape index (κ2) is 12.7. The molecule has 206 valence electrons. The van der Waals surface area contributed by atoms with Crippen molar-refractivity contribution in [3.05, 3.63) is 89.7 Å². The third kappa shape index (κ3) is 7.20. The van der Waals surface area contributed by atoms with Gasteiger partial charge < -0.3 is 18.4 Å². The number of fused-ring (bicyclic) bond motifs is 1. The third-order valence-electron chi connectivity index (χ3n) is 6.18. The van der Waals surface area contributed by atoms with Gasteiger partial charge in [0.05, 0.1) is 19.3 Å². The smallest absolute Gasteiger partial charge is 0.310 e. The maximum Gasteiger partial charge on any atom is 0.310 e. The molecule has 0 saturated carbocycles. The van der Waals surface area contributed by atoms with Gasteiger partial charge in [-0.1, -0.05) is 36.4 Å². The quantitative estimate of drug-likeness (QED) is 0.162. The lowest BCUT2D eigenvalue weighted by molar-refractivity contribution is -0.142. The Bertz CT molecular complexity index is 1410. The summed E-state index contributed by atoms with van der Waals surface area (Å²) in [6.07, 6.45) is 1.77. The van der Waals surface area contributed by atoms with E-state index in [1.54, 1.807) is 13.2 Å². The van der Waals surface area contributed by atoms with Gasteiger partial charge in [-0.05, 0) is 74.7 Å². The van der Waals surface area contributed by atoms with Crippen LogP contribution in [0, 0.1) is 0 Å². The van der Waals surface area contributed by atoms with Crippen LogP contribution in [0.15, 0.2) is 77.4 Å². The molecule has 0 unspecified atom stereocenters. The number of halogens is 1. The molecule has 2 atom stereocenters. The number of alkyl halides is 1. The van der Waals surface area contributed by atoms with E-state index < -0.39 is 28.8 Å². The molecule has 1 heterocycles. The SMILES string of the molecule is CCOC(=O)Cc1ccccc1OCc1cc(-c2cccc([C@H](CF)N[S@+]([O-])C(C)(C)C)c2)c2occc2c1. The average Bonchev–Trinajstić information content (AvgIpc) is 3.39. The molecule has 0 bridgehead atoms. The predicted molar refractivity (Wildman–Crippen MR) is 153 cm³/mol. The second-order valence-corrected chi connectivity index (χ2v) is 12.2. The first kappa shape index (κ1) is 28.7. The Kier molecular flexibility index (Phi) is 9.32. The predicted octanol–water partition coefficient (Wildman–Crippen LogP) is 6.85. The van der Waals surface area contributed by atoms with Gasteiger partial charge in [-0.3, -0.25) is 4.79 Å². The molecule has 0 aliphatic rings. The summed E-state index contributed by atoms with van der Waals surface area (Å²) in [6, 6.07) is 20.1. The summed E-state index contributed by atoms with van der Waals surface area (Å²) in [7, 11) is 0. The highest BCUT2D eigenvalue weighted by Crippen LogP contribution is 2.33. The summed E-state index contributed by atoms with van der Waals surface area (Å²) in [5, 5.41) is 0.908. The van der Waals surface area contributed by atoms with E-state index in [0.29, 0.717) is 23.5 Å². The Morgan fingerprint density at radius 1 is 1.10 bits per heavy atom. The number of ether oxygens (including phenoxy) is 2. The Hall–Kier alpha value is -3.33. The van der Waals surface area contributed by atoms with Gasteiger partial charge in [-0.25, -0.2) is 4.39 Å². The molecular weight excluding hydrogens is 517 g/mol. The van der Waals surface area contributed by atoms with E-state index in [0.717, 1.165) is 27.6 Å². The first-order chi connectivity index (χ1) is 18.7. The summed E-state index contributed by atoms with van der Waals surface area (Å²) in [5.74, 6) is 0.313. The highest BCUT2D eigenvalue weighted by Gasteiger charge is 2.30. The maximum absolute atomic E-state index is 14.0. The van der Waals surface area contributed by atoms with Crippen molar-refractivity contribution in [1.29, 1.82) is 0 Å². The van der Waals surface area contributed by atoms with Crippen molar-refractivity contribution in [1.82, 2.24) is 4.72 Å². The molecule has 0 saturated heterocycles. The summed E-state index contributed by atoms with van der Waals surface area (Å²) < 4.78 is 46.1. The molecule has 0 aliphatic heterocycles. The molecule has 4 aromatic rings. The summed E-state index contributed by atoms with van der Waals surface area (Å²) in [4.78, 5) is 12.0. The number of rotatable bonds is 11. The van der Waals surface area contributed by atoms with Crippen LogP contribution in [0.2, 0.25) is 0 Å². The van der Waals surface area contributed by atoms with Gasteiger partial charge >= 0.3 is 5.97 Å². The maximum atomic E-state index is 14.0. The first-order valence-electron chi connectivity index (χ1n) is 12.9. The Labute approximate surface area is 231 Å². The second-order valence-electron chi connectivity index (χ2n) is 10.2. The minimum Gasteiger partial charge on any atom is -0.598 e.